The second-order valence-corrected chi connectivity index (χ2v) is 10.3. The van der Waals surface area contributed by atoms with E-state index in [1.54, 1.807) is 12.2 Å². The second kappa shape index (κ2) is 6.24. The number of fused-ring (bicyclic) bond motifs is 5. The molecule has 0 heterocycles. The number of Topliss-reactive ketones (excluding diaryl/α,β-unsaturated/α-hetero) is 1. The van der Waals surface area contributed by atoms with E-state index >= 15 is 0 Å². The van der Waals surface area contributed by atoms with Crippen molar-refractivity contribution >= 4 is 23.2 Å². The summed E-state index contributed by atoms with van der Waals surface area (Å²) in [5.41, 5.74) is -0.670. The summed E-state index contributed by atoms with van der Waals surface area (Å²) in [7, 11) is 0. The van der Waals surface area contributed by atoms with Gasteiger partial charge in [0.05, 0.1) is 11.0 Å². The Balaban J connectivity index is 1.81. The first kappa shape index (κ1) is 20.3. The lowest BCUT2D eigenvalue weighted by Gasteiger charge is -2.61. The van der Waals surface area contributed by atoms with E-state index in [1.807, 2.05) is 20.8 Å². The summed E-state index contributed by atoms with van der Waals surface area (Å²) in [4.78, 5) is 23.6. The smallest absolute Gasteiger partial charge is 0.190 e. The topological polar surface area (TPSA) is 94.8 Å². The van der Waals surface area contributed by atoms with Gasteiger partial charge in [0.15, 0.2) is 11.6 Å². The van der Waals surface area contributed by atoms with Gasteiger partial charge in [-0.2, -0.15) is 0 Å². The molecule has 0 spiro atoms. The number of ketones is 2. The molecular formula is C22H29ClO5. The van der Waals surface area contributed by atoms with Gasteiger partial charge in [-0.3, -0.25) is 9.59 Å². The lowest BCUT2D eigenvalue weighted by Crippen LogP contribution is -2.66. The molecule has 1 unspecified atom stereocenters. The van der Waals surface area contributed by atoms with Crippen LogP contribution in [0.5, 0.6) is 0 Å². The Kier molecular flexibility index (Phi) is 4.52. The minimum atomic E-state index is -1.67. The molecule has 3 saturated carbocycles. The molecular weight excluding hydrogens is 380 g/mol. The third-order valence-corrected chi connectivity index (χ3v) is 9.22. The van der Waals surface area contributed by atoms with Crippen molar-refractivity contribution in [2.45, 2.75) is 63.0 Å². The van der Waals surface area contributed by atoms with E-state index in [9.17, 15) is 24.9 Å². The van der Waals surface area contributed by atoms with Crippen LogP contribution in [-0.2, 0) is 9.59 Å². The van der Waals surface area contributed by atoms with Crippen LogP contribution in [-0.4, -0.2) is 50.1 Å². The highest BCUT2D eigenvalue weighted by Crippen LogP contribution is 2.69. The Morgan fingerprint density at radius 1 is 1.32 bits per heavy atom. The molecule has 6 heteroatoms. The summed E-state index contributed by atoms with van der Waals surface area (Å²) in [6, 6.07) is 0. The first-order chi connectivity index (χ1) is 13.0. The van der Waals surface area contributed by atoms with Gasteiger partial charge in [0, 0.05) is 11.3 Å². The predicted octanol–water partition coefficient (Wildman–Crippen LogP) is 2.17. The highest BCUT2D eigenvalue weighted by molar-refractivity contribution is 6.25. The third kappa shape index (κ3) is 2.25. The van der Waals surface area contributed by atoms with Crippen molar-refractivity contribution in [1.82, 2.24) is 0 Å². The van der Waals surface area contributed by atoms with Crippen LogP contribution in [0.3, 0.4) is 0 Å². The quantitative estimate of drug-likeness (QED) is 0.608. The summed E-state index contributed by atoms with van der Waals surface area (Å²) in [6.45, 7) is 4.89. The van der Waals surface area contributed by atoms with Crippen LogP contribution in [0.2, 0.25) is 0 Å². The van der Waals surface area contributed by atoms with Gasteiger partial charge in [-0.25, -0.2) is 0 Å². The molecule has 0 amide bonds. The van der Waals surface area contributed by atoms with E-state index in [1.165, 1.54) is 0 Å². The maximum atomic E-state index is 12.6. The van der Waals surface area contributed by atoms with Crippen LogP contribution in [0.1, 0.15) is 46.5 Å². The Morgan fingerprint density at radius 2 is 2.00 bits per heavy atom. The maximum absolute atomic E-state index is 12.6. The zero-order chi connectivity index (χ0) is 20.6. The molecule has 4 aliphatic rings. The summed E-state index contributed by atoms with van der Waals surface area (Å²) in [6.07, 6.45) is 4.56. The van der Waals surface area contributed by atoms with Gasteiger partial charge in [-0.1, -0.05) is 25.0 Å². The van der Waals surface area contributed by atoms with Crippen molar-refractivity contribution in [2.24, 2.45) is 29.1 Å². The number of aliphatic hydroxyl groups excluding tert-OH is 2. The Morgan fingerprint density at radius 3 is 2.64 bits per heavy atom. The lowest BCUT2D eigenvalue weighted by atomic mass is 9.48. The van der Waals surface area contributed by atoms with E-state index in [2.05, 4.69) is 0 Å². The monoisotopic (exact) mass is 408 g/mol. The van der Waals surface area contributed by atoms with Crippen molar-refractivity contribution in [3.8, 4) is 0 Å². The van der Waals surface area contributed by atoms with Crippen molar-refractivity contribution in [2.75, 3.05) is 6.61 Å². The van der Waals surface area contributed by atoms with E-state index in [0.717, 1.165) is 17.6 Å². The minimum absolute atomic E-state index is 0.0324. The largest absolute Gasteiger partial charge is 0.391 e. The molecule has 154 valence electrons. The van der Waals surface area contributed by atoms with Crippen molar-refractivity contribution in [3.05, 3.63) is 23.3 Å². The van der Waals surface area contributed by atoms with Crippen molar-refractivity contribution < 1.29 is 24.9 Å². The van der Waals surface area contributed by atoms with Crippen LogP contribution in [0.4, 0.5) is 0 Å². The number of alkyl halides is 1. The van der Waals surface area contributed by atoms with Gasteiger partial charge in [-0.15, -0.1) is 11.6 Å². The maximum Gasteiger partial charge on any atom is 0.190 e. The van der Waals surface area contributed by atoms with Gasteiger partial charge >= 0.3 is 0 Å². The number of carbonyl (C=O) groups excluding carboxylic acids is 2. The summed E-state index contributed by atoms with van der Waals surface area (Å²) in [5, 5.41) is 32.3. The van der Waals surface area contributed by atoms with Crippen molar-refractivity contribution in [1.29, 1.82) is 0 Å². The molecule has 0 radical (unpaired) electrons. The molecule has 0 aromatic carbocycles. The van der Waals surface area contributed by atoms with E-state index in [0.29, 0.717) is 12.8 Å². The molecule has 0 aliphatic heterocycles. The Bertz CT molecular complexity index is 803. The SMILES string of the molecule is CC1=CC(=O)C=C2CC[C@H]3[C@@H]4C[C@H](C)[C@](O)(C(=O)CO)[C@@]4(C)C[C@H](O)[C@]3(Cl)C12. The van der Waals surface area contributed by atoms with Crippen LogP contribution in [0.25, 0.3) is 0 Å². The normalized spacial score (nSPS) is 50.2. The average molecular weight is 409 g/mol. The van der Waals surface area contributed by atoms with E-state index < -0.39 is 34.4 Å². The summed E-state index contributed by atoms with van der Waals surface area (Å²) >= 11 is 7.27. The van der Waals surface area contributed by atoms with Gasteiger partial charge in [0.1, 0.15) is 12.2 Å². The molecule has 8 atom stereocenters. The Hall–Kier alpha value is -1.01. The number of hydrogen-bond donors (Lipinski definition) is 3. The molecule has 0 bridgehead atoms. The zero-order valence-corrected chi connectivity index (χ0v) is 17.4. The van der Waals surface area contributed by atoms with Gasteiger partial charge < -0.3 is 15.3 Å². The molecule has 0 saturated heterocycles. The number of allylic oxidation sites excluding steroid dienone is 4. The predicted molar refractivity (Wildman–Crippen MR) is 105 cm³/mol. The van der Waals surface area contributed by atoms with Crippen LogP contribution < -0.4 is 0 Å². The van der Waals surface area contributed by atoms with Crippen LogP contribution in [0.15, 0.2) is 23.3 Å². The average Bonchev–Trinajstić information content (AvgIpc) is 2.82. The number of aliphatic hydroxyl groups is 3. The molecule has 0 aromatic rings. The first-order valence-electron chi connectivity index (χ1n) is 10.2. The number of hydrogen-bond acceptors (Lipinski definition) is 5. The molecule has 3 N–H and O–H groups in total. The fourth-order valence-electron chi connectivity index (χ4n) is 7.31. The molecule has 5 nitrogen and oxygen atoms in total. The van der Waals surface area contributed by atoms with Crippen LogP contribution in [0, 0.1) is 29.1 Å². The van der Waals surface area contributed by atoms with E-state index in [-0.39, 0.29) is 35.9 Å². The van der Waals surface area contributed by atoms with Gasteiger partial charge in [0.2, 0.25) is 0 Å². The van der Waals surface area contributed by atoms with E-state index in [4.69, 9.17) is 11.6 Å². The zero-order valence-electron chi connectivity index (χ0n) is 16.6. The summed E-state index contributed by atoms with van der Waals surface area (Å²) < 4.78 is 0. The fraction of sp³-hybridized carbons (Fsp3) is 0.727. The van der Waals surface area contributed by atoms with Gasteiger partial charge in [0.25, 0.3) is 0 Å². The summed E-state index contributed by atoms with van der Waals surface area (Å²) in [5.74, 6) is -1.27. The van der Waals surface area contributed by atoms with Crippen LogP contribution >= 0.6 is 11.6 Å². The number of carbonyl (C=O) groups is 2. The number of rotatable bonds is 2. The molecule has 28 heavy (non-hydrogen) atoms. The standard InChI is InChI=1S/C22H29ClO5/c1-11-6-14(25)8-13-4-5-15-16-7-12(2)22(28,18(27)10-24)20(16,3)9-17(26)21(15,23)19(11)13/h6,8,12,15-17,19,24,26,28H,4-5,7,9-10H2,1-3H3/t12-,15-,16-,17-,19?,20-,21-,22-/m0/s1. The third-order valence-electron chi connectivity index (χ3n) is 8.47. The molecule has 4 aliphatic carbocycles. The van der Waals surface area contributed by atoms with Gasteiger partial charge in [-0.05, 0) is 62.5 Å². The highest BCUT2D eigenvalue weighted by atomic mass is 35.5. The van der Waals surface area contributed by atoms with Crippen molar-refractivity contribution in [3.63, 3.8) is 0 Å². The molecule has 0 aromatic heterocycles. The fourth-order valence-corrected chi connectivity index (χ4v) is 7.96. The minimum Gasteiger partial charge on any atom is -0.391 e. The highest BCUT2D eigenvalue weighted by Gasteiger charge is 2.72. The Labute approximate surface area is 170 Å². The second-order valence-electron chi connectivity index (χ2n) is 9.64. The molecule has 3 fully saturated rings. The molecule has 4 rings (SSSR count). The number of halogens is 1. The lowest BCUT2D eigenvalue weighted by molar-refractivity contribution is -0.176. The first-order valence-corrected chi connectivity index (χ1v) is 10.6.